The van der Waals surface area contributed by atoms with Gasteiger partial charge in [-0.25, -0.2) is 0 Å². The molecule has 204 valence electrons. The minimum absolute atomic E-state index is 0.00712. The molecule has 0 bridgehead atoms. The Balaban J connectivity index is 1.66. The summed E-state index contributed by atoms with van der Waals surface area (Å²) in [4.78, 5) is 12.8. The number of carbonyl (C=O) groups is 1. The average molecular weight is 505 g/mol. The molecular weight excluding hydrogens is 456 g/mol. The van der Waals surface area contributed by atoms with Gasteiger partial charge in [0.05, 0.1) is 29.8 Å². The van der Waals surface area contributed by atoms with Gasteiger partial charge in [0, 0.05) is 17.3 Å². The molecular formula is C30H48O6. The zero-order valence-corrected chi connectivity index (χ0v) is 23.0. The molecule has 0 heterocycles. The SMILES string of the molecule is C[C@@H]1CC[C@]2(C(=O)O)CC[C@]3(C)C(=CC[C@@H]4[C@@]5(C)CCC(O)C(C)(CO)C5C(O)C[C@]43C)[C@@H]2[C@]1(C)O. The third-order valence-electron chi connectivity index (χ3n) is 13.5. The van der Waals surface area contributed by atoms with Crippen molar-refractivity contribution >= 4 is 5.97 Å². The lowest BCUT2D eigenvalue weighted by Crippen LogP contribution is -2.70. The van der Waals surface area contributed by atoms with E-state index in [1.165, 1.54) is 0 Å². The van der Waals surface area contributed by atoms with Crippen LogP contribution in [0.1, 0.15) is 92.9 Å². The number of aliphatic carboxylic acids is 1. The van der Waals surface area contributed by atoms with Gasteiger partial charge in [-0.3, -0.25) is 4.79 Å². The number of hydrogen-bond donors (Lipinski definition) is 5. The van der Waals surface area contributed by atoms with E-state index in [0.29, 0.717) is 32.1 Å². The van der Waals surface area contributed by atoms with Gasteiger partial charge in [0.25, 0.3) is 0 Å². The Hall–Kier alpha value is -0.950. The Morgan fingerprint density at radius 2 is 1.69 bits per heavy atom. The van der Waals surface area contributed by atoms with E-state index < -0.39 is 40.5 Å². The third kappa shape index (κ3) is 2.91. The highest BCUT2D eigenvalue weighted by Gasteiger charge is 2.73. The number of carboxylic acids is 1. The van der Waals surface area contributed by atoms with Gasteiger partial charge in [0.2, 0.25) is 0 Å². The van der Waals surface area contributed by atoms with Crippen LogP contribution in [0.25, 0.3) is 0 Å². The second-order valence-corrected chi connectivity index (χ2v) is 14.7. The fraction of sp³-hybridized carbons (Fsp3) is 0.900. The predicted molar refractivity (Wildman–Crippen MR) is 137 cm³/mol. The molecule has 0 radical (unpaired) electrons. The fourth-order valence-electron chi connectivity index (χ4n) is 11.0. The van der Waals surface area contributed by atoms with Crippen LogP contribution in [0.15, 0.2) is 11.6 Å². The number of hydrogen-bond acceptors (Lipinski definition) is 5. The maximum Gasteiger partial charge on any atom is 0.310 e. The number of allylic oxidation sites excluding steroid dienone is 1. The van der Waals surface area contributed by atoms with Crippen LogP contribution < -0.4 is 0 Å². The zero-order valence-electron chi connectivity index (χ0n) is 23.0. The van der Waals surface area contributed by atoms with Crippen LogP contribution in [0.5, 0.6) is 0 Å². The molecule has 36 heavy (non-hydrogen) atoms. The summed E-state index contributed by atoms with van der Waals surface area (Å²) >= 11 is 0. The van der Waals surface area contributed by atoms with Crippen molar-refractivity contribution < 1.29 is 30.3 Å². The summed E-state index contributed by atoms with van der Waals surface area (Å²) in [6.45, 7) is 12.5. The van der Waals surface area contributed by atoms with E-state index >= 15 is 0 Å². The van der Waals surface area contributed by atoms with Crippen molar-refractivity contribution in [1.82, 2.24) is 0 Å². The molecule has 0 saturated heterocycles. The quantitative estimate of drug-likeness (QED) is 0.361. The van der Waals surface area contributed by atoms with Crippen LogP contribution in [-0.2, 0) is 4.79 Å². The van der Waals surface area contributed by atoms with Crippen LogP contribution in [0, 0.1) is 50.7 Å². The Morgan fingerprint density at radius 3 is 2.31 bits per heavy atom. The molecule has 5 N–H and O–H groups in total. The first-order valence-corrected chi connectivity index (χ1v) is 14.2. The first-order chi connectivity index (χ1) is 16.6. The molecule has 0 aliphatic heterocycles. The number of aliphatic hydroxyl groups is 4. The Morgan fingerprint density at radius 1 is 1.03 bits per heavy atom. The standard InChI is InChI=1S/C30H48O6/c1-17-9-12-30(24(34)35)14-13-27(4)18(22(30)29(17,6)36)7-8-20-25(2)11-10-21(33)26(3,16-31)23(25)19(32)15-28(20,27)5/h7,17,19-23,31-33,36H,8-16H2,1-6H3,(H,34,35)/t17-,19?,20-,21?,22-,23?,25-,26?,27-,28-,29-,30+/m1/s1. The van der Waals surface area contributed by atoms with Crippen molar-refractivity contribution in [3.8, 4) is 0 Å². The summed E-state index contributed by atoms with van der Waals surface area (Å²) in [6.07, 6.45) is 6.26. The molecule has 4 saturated carbocycles. The topological polar surface area (TPSA) is 118 Å². The third-order valence-corrected chi connectivity index (χ3v) is 13.5. The van der Waals surface area contributed by atoms with Gasteiger partial charge in [-0.15, -0.1) is 0 Å². The van der Waals surface area contributed by atoms with Crippen LogP contribution in [0.4, 0.5) is 0 Å². The van der Waals surface area contributed by atoms with Crippen LogP contribution in [0.2, 0.25) is 0 Å². The van der Waals surface area contributed by atoms with Crippen molar-refractivity contribution in [2.45, 2.75) is 111 Å². The lowest BCUT2D eigenvalue weighted by molar-refractivity contribution is -0.255. The van der Waals surface area contributed by atoms with Gasteiger partial charge < -0.3 is 25.5 Å². The highest BCUT2D eigenvalue weighted by atomic mass is 16.4. The lowest BCUT2D eigenvalue weighted by atomic mass is 9.32. The number of aliphatic hydroxyl groups excluding tert-OH is 3. The van der Waals surface area contributed by atoms with Crippen molar-refractivity contribution in [1.29, 1.82) is 0 Å². The highest BCUT2D eigenvalue weighted by molar-refractivity contribution is 5.77. The molecule has 6 nitrogen and oxygen atoms in total. The number of carboxylic acid groups (broad SMARTS) is 1. The maximum absolute atomic E-state index is 12.8. The minimum Gasteiger partial charge on any atom is -0.481 e. The molecule has 0 aromatic heterocycles. The van der Waals surface area contributed by atoms with Gasteiger partial charge in [-0.05, 0) is 86.4 Å². The molecule has 0 spiro atoms. The lowest BCUT2D eigenvalue weighted by Gasteiger charge is -2.72. The predicted octanol–water partition coefficient (Wildman–Crippen LogP) is 4.15. The summed E-state index contributed by atoms with van der Waals surface area (Å²) in [5, 5.41) is 55.6. The van der Waals surface area contributed by atoms with Gasteiger partial charge in [0.1, 0.15) is 0 Å². The van der Waals surface area contributed by atoms with Gasteiger partial charge in [0.15, 0.2) is 0 Å². The van der Waals surface area contributed by atoms with Crippen LogP contribution >= 0.6 is 0 Å². The summed E-state index contributed by atoms with van der Waals surface area (Å²) in [6, 6.07) is 0. The van der Waals surface area contributed by atoms with Crippen molar-refractivity contribution in [3.05, 3.63) is 11.6 Å². The first kappa shape index (κ1) is 26.6. The molecule has 5 aliphatic carbocycles. The van der Waals surface area contributed by atoms with Gasteiger partial charge >= 0.3 is 5.97 Å². The van der Waals surface area contributed by atoms with E-state index in [1.807, 2.05) is 20.8 Å². The first-order valence-electron chi connectivity index (χ1n) is 14.2. The normalized spacial score (nSPS) is 58.6. The van der Waals surface area contributed by atoms with E-state index in [4.69, 9.17) is 0 Å². The van der Waals surface area contributed by atoms with Crippen molar-refractivity contribution in [3.63, 3.8) is 0 Å². The van der Waals surface area contributed by atoms with E-state index in [1.54, 1.807) is 0 Å². The molecule has 4 unspecified atom stereocenters. The number of fused-ring (bicyclic) bond motifs is 7. The smallest absolute Gasteiger partial charge is 0.310 e. The summed E-state index contributed by atoms with van der Waals surface area (Å²) in [5.74, 6) is -1.21. The molecule has 6 heteroatoms. The van der Waals surface area contributed by atoms with Crippen molar-refractivity contribution in [2.75, 3.05) is 6.61 Å². The van der Waals surface area contributed by atoms with Crippen molar-refractivity contribution in [2.24, 2.45) is 50.7 Å². The molecule has 4 fully saturated rings. The molecule has 0 amide bonds. The molecule has 12 atom stereocenters. The monoisotopic (exact) mass is 504 g/mol. The molecule has 5 aliphatic rings. The number of rotatable bonds is 2. The Bertz CT molecular complexity index is 974. The zero-order chi connectivity index (χ0) is 26.7. The second kappa shape index (κ2) is 7.80. The van der Waals surface area contributed by atoms with E-state index in [9.17, 15) is 30.3 Å². The fourth-order valence-corrected chi connectivity index (χ4v) is 11.0. The Labute approximate surface area is 216 Å². The molecule has 5 rings (SSSR count). The van der Waals surface area contributed by atoms with Gasteiger partial charge in [-0.2, -0.15) is 0 Å². The average Bonchev–Trinajstić information content (AvgIpc) is 2.79. The summed E-state index contributed by atoms with van der Waals surface area (Å²) in [7, 11) is 0. The van der Waals surface area contributed by atoms with Crippen LogP contribution in [-0.4, -0.2) is 55.9 Å². The summed E-state index contributed by atoms with van der Waals surface area (Å²) in [5.41, 5.74) is -2.62. The minimum atomic E-state index is -1.11. The van der Waals surface area contributed by atoms with Gasteiger partial charge in [-0.1, -0.05) is 46.3 Å². The van der Waals surface area contributed by atoms with E-state index in [0.717, 1.165) is 24.8 Å². The van der Waals surface area contributed by atoms with Crippen LogP contribution in [0.3, 0.4) is 0 Å². The maximum atomic E-state index is 12.8. The van der Waals surface area contributed by atoms with E-state index in [2.05, 4.69) is 26.8 Å². The van der Waals surface area contributed by atoms with E-state index in [-0.39, 0.29) is 40.6 Å². The molecule has 0 aromatic carbocycles. The summed E-state index contributed by atoms with van der Waals surface area (Å²) < 4.78 is 0. The Kier molecular flexibility index (Phi) is 5.77. The highest BCUT2D eigenvalue weighted by Crippen LogP contribution is 2.76. The molecule has 0 aromatic rings. The second-order valence-electron chi connectivity index (χ2n) is 14.7. The largest absolute Gasteiger partial charge is 0.481 e.